The molecule has 1 heterocycles. The summed E-state index contributed by atoms with van der Waals surface area (Å²) < 4.78 is 0. The summed E-state index contributed by atoms with van der Waals surface area (Å²) in [6.45, 7) is 3.69. The molecule has 0 aliphatic rings. The van der Waals surface area contributed by atoms with Gasteiger partial charge in [-0.1, -0.05) is 48.5 Å². The first-order valence-corrected chi connectivity index (χ1v) is 8.57. The summed E-state index contributed by atoms with van der Waals surface area (Å²) >= 11 is 0. The lowest BCUT2D eigenvalue weighted by atomic mass is 10.0. The Labute approximate surface area is 152 Å². The number of benzene rings is 2. The summed E-state index contributed by atoms with van der Waals surface area (Å²) in [5, 5.41) is 6.21. The molecule has 5 nitrogen and oxygen atoms in total. The Hall–Kier alpha value is -3.21. The van der Waals surface area contributed by atoms with Crippen LogP contribution >= 0.6 is 0 Å². The first-order valence-electron chi connectivity index (χ1n) is 8.57. The van der Waals surface area contributed by atoms with E-state index in [-0.39, 0.29) is 24.4 Å². The normalized spacial score (nSPS) is 10.7. The zero-order valence-corrected chi connectivity index (χ0v) is 14.8. The van der Waals surface area contributed by atoms with E-state index in [1.54, 1.807) is 6.07 Å². The third kappa shape index (κ3) is 4.06. The molecule has 5 heteroatoms. The second-order valence-electron chi connectivity index (χ2n) is 6.34. The third-order valence-electron chi connectivity index (χ3n) is 3.89. The molecule has 0 bridgehead atoms. The third-order valence-corrected chi connectivity index (χ3v) is 3.89. The number of carbonyl (C=O) groups is 2. The van der Waals surface area contributed by atoms with Gasteiger partial charge in [0, 0.05) is 17.0 Å². The molecule has 0 aliphatic heterocycles. The molecule has 26 heavy (non-hydrogen) atoms. The highest BCUT2D eigenvalue weighted by Crippen LogP contribution is 2.24. The Morgan fingerprint density at radius 3 is 2.42 bits per heavy atom. The zero-order chi connectivity index (χ0) is 18.5. The summed E-state index contributed by atoms with van der Waals surface area (Å²) in [4.78, 5) is 29.2. The van der Waals surface area contributed by atoms with Crippen molar-refractivity contribution < 1.29 is 9.59 Å². The van der Waals surface area contributed by atoms with E-state index < -0.39 is 0 Å². The topological polar surface area (TPSA) is 71.1 Å². The molecule has 0 unspecified atom stereocenters. The van der Waals surface area contributed by atoms with Crippen molar-refractivity contribution in [1.29, 1.82) is 0 Å². The van der Waals surface area contributed by atoms with Crippen LogP contribution in [0.3, 0.4) is 0 Å². The quantitative estimate of drug-likeness (QED) is 0.745. The van der Waals surface area contributed by atoms with Gasteiger partial charge in [-0.3, -0.25) is 9.59 Å². The molecule has 0 saturated heterocycles. The van der Waals surface area contributed by atoms with Crippen molar-refractivity contribution in [2.24, 2.45) is 0 Å². The number of nitrogens with one attached hydrogen (secondary N) is 2. The molecule has 0 saturated carbocycles. The van der Waals surface area contributed by atoms with Crippen LogP contribution in [0.15, 0.2) is 60.7 Å². The van der Waals surface area contributed by atoms with Gasteiger partial charge in [-0.25, -0.2) is 4.98 Å². The lowest BCUT2D eigenvalue weighted by molar-refractivity contribution is -0.120. The van der Waals surface area contributed by atoms with Crippen molar-refractivity contribution in [1.82, 2.24) is 15.6 Å². The average molecular weight is 347 g/mol. The smallest absolute Gasteiger partial charge is 0.252 e. The van der Waals surface area contributed by atoms with Gasteiger partial charge in [-0.15, -0.1) is 0 Å². The van der Waals surface area contributed by atoms with E-state index >= 15 is 0 Å². The van der Waals surface area contributed by atoms with Gasteiger partial charge in [-0.2, -0.15) is 0 Å². The van der Waals surface area contributed by atoms with Crippen LogP contribution in [-0.2, 0) is 4.79 Å². The van der Waals surface area contributed by atoms with E-state index in [2.05, 4.69) is 15.6 Å². The van der Waals surface area contributed by atoms with E-state index in [1.165, 1.54) is 0 Å². The number of amides is 2. The summed E-state index contributed by atoms with van der Waals surface area (Å²) in [7, 11) is 0. The first kappa shape index (κ1) is 17.6. The average Bonchev–Trinajstić information content (AvgIpc) is 2.65. The van der Waals surface area contributed by atoms with Crippen LogP contribution in [0.1, 0.15) is 24.2 Å². The second kappa shape index (κ2) is 7.78. The maximum Gasteiger partial charge on any atom is 0.252 e. The monoisotopic (exact) mass is 347 g/mol. The van der Waals surface area contributed by atoms with Crippen LogP contribution in [0.25, 0.3) is 22.2 Å². The fourth-order valence-electron chi connectivity index (χ4n) is 2.75. The van der Waals surface area contributed by atoms with Gasteiger partial charge in [-0.05, 0) is 26.0 Å². The van der Waals surface area contributed by atoms with Gasteiger partial charge in [0.25, 0.3) is 5.91 Å². The van der Waals surface area contributed by atoms with Gasteiger partial charge in [0.05, 0.1) is 23.3 Å². The Balaban J connectivity index is 1.93. The summed E-state index contributed by atoms with van der Waals surface area (Å²) in [5.74, 6) is -0.505. The van der Waals surface area contributed by atoms with Crippen molar-refractivity contribution in [3.05, 3.63) is 66.2 Å². The van der Waals surface area contributed by atoms with Crippen LogP contribution in [-0.4, -0.2) is 29.4 Å². The molecule has 0 aliphatic carbocycles. The Morgan fingerprint density at radius 1 is 1.00 bits per heavy atom. The van der Waals surface area contributed by atoms with Gasteiger partial charge >= 0.3 is 0 Å². The number of nitrogens with zero attached hydrogens (tertiary/aromatic N) is 1. The molecule has 0 spiro atoms. The molecule has 132 valence electrons. The second-order valence-corrected chi connectivity index (χ2v) is 6.34. The molecule has 0 fully saturated rings. The van der Waals surface area contributed by atoms with Crippen LogP contribution in [0, 0.1) is 0 Å². The molecule has 3 aromatic rings. The largest absolute Gasteiger partial charge is 0.352 e. The minimum Gasteiger partial charge on any atom is -0.352 e. The van der Waals surface area contributed by atoms with Gasteiger partial charge < -0.3 is 10.6 Å². The number of carbonyl (C=O) groups excluding carboxylic acids is 2. The van der Waals surface area contributed by atoms with E-state index in [9.17, 15) is 9.59 Å². The molecular formula is C21H21N3O2. The Kier molecular flexibility index (Phi) is 5.27. The van der Waals surface area contributed by atoms with Gasteiger partial charge in [0.1, 0.15) is 0 Å². The lowest BCUT2D eigenvalue weighted by Crippen LogP contribution is -2.39. The standard InChI is InChI=1S/C21H21N3O2/c1-14(2)23-20(25)13-22-21(26)17-12-19(15-8-4-3-5-9-15)24-18-11-7-6-10-16(17)18/h3-12,14H,13H2,1-2H3,(H,22,26)(H,23,25). The number of aromatic nitrogens is 1. The molecule has 3 rings (SSSR count). The number of pyridine rings is 1. The predicted molar refractivity (Wildman–Crippen MR) is 103 cm³/mol. The highest BCUT2D eigenvalue weighted by atomic mass is 16.2. The van der Waals surface area contributed by atoms with Gasteiger partial charge in [0.2, 0.25) is 5.91 Å². The molecule has 0 atom stereocenters. The highest BCUT2D eigenvalue weighted by Gasteiger charge is 2.15. The van der Waals surface area contributed by atoms with Crippen molar-refractivity contribution >= 4 is 22.7 Å². The minimum absolute atomic E-state index is 0.0332. The van der Waals surface area contributed by atoms with E-state index in [0.29, 0.717) is 5.56 Å². The maximum atomic E-state index is 12.7. The van der Waals surface area contributed by atoms with Gasteiger partial charge in [0.15, 0.2) is 0 Å². The summed E-state index contributed by atoms with van der Waals surface area (Å²) in [6.07, 6.45) is 0. The van der Waals surface area contributed by atoms with Crippen molar-refractivity contribution in [2.75, 3.05) is 6.54 Å². The first-order chi connectivity index (χ1) is 12.5. The number of para-hydroxylation sites is 1. The molecular weight excluding hydrogens is 326 g/mol. The number of fused-ring (bicyclic) bond motifs is 1. The number of hydrogen-bond donors (Lipinski definition) is 2. The predicted octanol–water partition coefficient (Wildman–Crippen LogP) is 3.16. The van der Waals surface area contributed by atoms with Crippen LogP contribution in [0.2, 0.25) is 0 Å². The maximum absolute atomic E-state index is 12.7. The zero-order valence-electron chi connectivity index (χ0n) is 14.8. The molecule has 0 radical (unpaired) electrons. The van der Waals surface area contributed by atoms with Crippen molar-refractivity contribution in [3.8, 4) is 11.3 Å². The minimum atomic E-state index is -0.292. The van der Waals surface area contributed by atoms with Crippen LogP contribution < -0.4 is 10.6 Å². The van der Waals surface area contributed by atoms with Crippen LogP contribution in [0.5, 0.6) is 0 Å². The Morgan fingerprint density at radius 2 is 1.69 bits per heavy atom. The van der Waals surface area contributed by atoms with E-state index in [0.717, 1.165) is 22.2 Å². The fourth-order valence-corrected chi connectivity index (χ4v) is 2.75. The van der Waals surface area contributed by atoms with E-state index in [4.69, 9.17) is 0 Å². The summed E-state index contributed by atoms with van der Waals surface area (Å²) in [5.41, 5.74) is 2.91. The fraction of sp³-hybridized carbons (Fsp3) is 0.190. The van der Waals surface area contributed by atoms with Crippen molar-refractivity contribution in [2.45, 2.75) is 19.9 Å². The molecule has 2 amide bonds. The molecule has 2 aromatic carbocycles. The highest BCUT2D eigenvalue weighted by molar-refractivity contribution is 6.08. The number of rotatable bonds is 5. The molecule has 2 N–H and O–H groups in total. The van der Waals surface area contributed by atoms with Crippen molar-refractivity contribution in [3.63, 3.8) is 0 Å². The summed E-state index contributed by atoms with van der Waals surface area (Å²) in [6, 6.07) is 19.0. The lowest BCUT2D eigenvalue weighted by Gasteiger charge is -2.12. The number of hydrogen-bond acceptors (Lipinski definition) is 3. The Bertz CT molecular complexity index is 936. The van der Waals surface area contributed by atoms with Crippen LogP contribution in [0.4, 0.5) is 0 Å². The SMILES string of the molecule is CC(C)NC(=O)CNC(=O)c1cc(-c2ccccc2)nc2ccccc12. The molecule has 1 aromatic heterocycles. The van der Waals surface area contributed by atoms with E-state index in [1.807, 2.05) is 68.4 Å².